The Morgan fingerprint density at radius 3 is 2.41 bits per heavy atom. The molecular formula is C25H34N2O5S2. The lowest BCUT2D eigenvalue weighted by atomic mass is 10.0. The molecule has 0 atom stereocenters. The summed E-state index contributed by atoms with van der Waals surface area (Å²) in [7, 11) is -0.980. The molecule has 186 valence electrons. The first-order valence-electron chi connectivity index (χ1n) is 11.6. The second-order valence-corrected chi connectivity index (χ2v) is 11.5. The highest BCUT2D eigenvalue weighted by Gasteiger charge is 2.28. The van der Waals surface area contributed by atoms with Gasteiger partial charge in [-0.15, -0.1) is 0 Å². The van der Waals surface area contributed by atoms with Crippen molar-refractivity contribution in [1.82, 2.24) is 5.32 Å². The SMILES string of the molecule is COc1ccc(N(CC(=O)NCCCSC2CCCCC2)S(=O)(=O)c2ccccc2)cc1OC. The van der Waals surface area contributed by atoms with Gasteiger partial charge in [-0.2, -0.15) is 11.8 Å². The molecule has 3 rings (SSSR count). The van der Waals surface area contributed by atoms with E-state index in [4.69, 9.17) is 9.47 Å². The zero-order valence-corrected chi connectivity index (χ0v) is 21.5. The molecule has 0 unspecified atom stereocenters. The fourth-order valence-electron chi connectivity index (χ4n) is 3.98. The highest BCUT2D eigenvalue weighted by Crippen LogP contribution is 2.33. The molecule has 34 heavy (non-hydrogen) atoms. The van der Waals surface area contributed by atoms with Gasteiger partial charge < -0.3 is 14.8 Å². The minimum absolute atomic E-state index is 0.112. The highest BCUT2D eigenvalue weighted by atomic mass is 32.2. The minimum Gasteiger partial charge on any atom is -0.493 e. The van der Waals surface area contributed by atoms with Crippen LogP contribution in [0.2, 0.25) is 0 Å². The van der Waals surface area contributed by atoms with Crippen molar-refractivity contribution in [3.63, 3.8) is 0 Å². The maximum atomic E-state index is 13.4. The fourth-order valence-corrected chi connectivity index (χ4v) is 6.73. The van der Waals surface area contributed by atoms with Crippen LogP contribution in [0.15, 0.2) is 53.4 Å². The molecule has 0 aromatic heterocycles. The van der Waals surface area contributed by atoms with Crippen molar-refractivity contribution in [2.24, 2.45) is 0 Å². The summed E-state index contributed by atoms with van der Waals surface area (Å²) in [5, 5.41) is 3.62. The van der Waals surface area contributed by atoms with Crippen molar-refractivity contribution in [2.45, 2.75) is 48.7 Å². The normalized spacial score (nSPS) is 14.4. The lowest BCUT2D eigenvalue weighted by Crippen LogP contribution is -2.41. The van der Waals surface area contributed by atoms with Crippen LogP contribution in [-0.4, -0.2) is 52.6 Å². The molecule has 1 aliphatic carbocycles. The third kappa shape index (κ3) is 7.06. The summed E-state index contributed by atoms with van der Waals surface area (Å²) < 4.78 is 38.6. The highest BCUT2D eigenvalue weighted by molar-refractivity contribution is 7.99. The van der Waals surface area contributed by atoms with Gasteiger partial charge in [0.15, 0.2) is 11.5 Å². The molecule has 1 N–H and O–H groups in total. The maximum Gasteiger partial charge on any atom is 0.264 e. The van der Waals surface area contributed by atoms with Crippen molar-refractivity contribution in [3.8, 4) is 11.5 Å². The number of nitrogens with one attached hydrogen (secondary N) is 1. The van der Waals surface area contributed by atoms with E-state index in [1.807, 2.05) is 11.8 Å². The number of thioether (sulfide) groups is 1. The zero-order chi connectivity index (χ0) is 24.4. The molecule has 2 aromatic rings. The Hall–Kier alpha value is -2.39. The summed E-state index contributed by atoms with van der Waals surface area (Å²) >= 11 is 1.99. The standard InChI is InChI=1S/C25H34N2O5S2/c1-31-23-15-14-20(18-24(23)32-2)27(34(29,30)22-12-7-4-8-13-22)19-25(28)26-16-9-17-33-21-10-5-3-6-11-21/h4,7-8,12-15,18,21H,3,5-6,9-11,16-17,19H2,1-2H3,(H,26,28). The largest absolute Gasteiger partial charge is 0.493 e. The number of hydrogen-bond donors (Lipinski definition) is 1. The second-order valence-electron chi connectivity index (χ2n) is 8.20. The van der Waals surface area contributed by atoms with E-state index in [-0.39, 0.29) is 17.3 Å². The molecule has 0 radical (unpaired) electrons. The van der Waals surface area contributed by atoms with Crippen LogP contribution in [0.1, 0.15) is 38.5 Å². The maximum absolute atomic E-state index is 13.4. The number of nitrogens with zero attached hydrogens (tertiary/aromatic N) is 1. The van der Waals surface area contributed by atoms with E-state index >= 15 is 0 Å². The van der Waals surface area contributed by atoms with Crippen LogP contribution in [0.4, 0.5) is 5.69 Å². The Morgan fingerprint density at radius 2 is 1.74 bits per heavy atom. The third-order valence-electron chi connectivity index (χ3n) is 5.82. The van der Waals surface area contributed by atoms with Crippen molar-refractivity contribution in [1.29, 1.82) is 0 Å². The Labute approximate surface area is 207 Å². The summed E-state index contributed by atoms with van der Waals surface area (Å²) in [6.07, 6.45) is 7.40. The first-order chi connectivity index (χ1) is 16.5. The predicted octanol–water partition coefficient (Wildman–Crippen LogP) is 4.47. The smallest absolute Gasteiger partial charge is 0.264 e. The molecule has 0 saturated heterocycles. The average Bonchev–Trinajstić information content (AvgIpc) is 2.87. The minimum atomic E-state index is -3.97. The van der Waals surface area contributed by atoms with Gasteiger partial charge in [0.25, 0.3) is 10.0 Å². The second kappa shape index (κ2) is 12.9. The van der Waals surface area contributed by atoms with E-state index in [2.05, 4.69) is 5.32 Å². The van der Waals surface area contributed by atoms with Gasteiger partial charge in [-0.05, 0) is 49.3 Å². The van der Waals surface area contributed by atoms with Gasteiger partial charge in [-0.3, -0.25) is 9.10 Å². The number of methoxy groups -OCH3 is 2. The number of ether oxygens (including phenoxy) is 2. The molecular weight excluding hydrogens is 472 g/mol. The van der Waals surface area contributed by atoms with Crippen LogP contribution >= 0.6 is 11.8 Å². The molecule has 1 saturated carbocycles. The van der Waals surface area contributed by atoms with Crippen LogP contribution in [0.25, 0.3) is 0 Å². The Morgan fingerprint density at radius 1 is 1.03 bits per heavy atom. The van der Waals surface area contributed by atoms with Gasteiger partial charge >= 0.3 is 0 Å². The Balaban J connectivity index is 1.68. The van der Waals surface area contributed by atoms with Crippen molar-refractivity contribution < 1.29 is 22.7 Å². The number of carbonyl (C=O) groups excluding carboxylic acids is 1. The van der Waals surface area contributed by atoms with Gasteiger partial charge in [0.2, 0.25) is 5.91 Å². The fraction of sp³-hybridized carbons (Fsp3) is 0.480. The summed E-state index contributed by atoms with van der Waals surface area (Å²) in [5.74, 6) is 1.50. The molecule has 0 bridgehead atoms. The van der Waals surface area contributed by atoms with Gasteiger partial charge in [-0.25, -0.2) is 8.42 Å². The molecule has 0 spiro atoms. The van der Waals surface area contributed by atoms with Gasteiger partial charge in [0, 0.05) is 17.9 Å². The van der Waals surface area contributed by atoms with Crippen LogP contribution in [0, 0.1) is 0 Å². The van der Waals surface area contributed by atoms with E-state index in [0.29, 0.717) is 23.7 Å². The molecule has 2 aromatic carbocycles. The molecule has 9 heteroatoms. The molecule has 0 heterocycles. The van der Waals surface area contributed by atoms with Crippen molar-refractivity contribution in [3.05, 3.63) is 48.5 Å². The lowest BCUT2D eigenvalue weighted by molar-refractivity contribution is -0.119. The first-order valence-corrected chi connectivity index (χ1v) is 14.1. The van der Waals surface area contributed by atoms with E-state index < -0.39 is 10.0 Å². The average molecular weight is 507 g/mol. The van der Waals surface area contributed by atoms with Crippen LogP contribution < -0.4 is 19.1 Å². The zero-order valence-electron chi connectivity index (χ0n) is 19.9. The van der Waals surface area contributed by atoms with Gasteiger partial charge in [0.05, 0.1) is 24.8 Å². The van der Waals surface area contributed by atoms with Crippen LogP contribution in [-0.2, 0) is 14.8 Å². The lowest BCUT2D eigenvalue weighted by Gasteiger charge is -2.25. The van der Waals surface area contributed by atoms with Gasteiger partial charge in [0.1, 0.15) is 6.54 Å². The number of sulfonamides is 1. The summed E-state index contributed by atoms with van der Waals surface area (Å²) in [4.78, 5) is 12.9. The molecule has 1 fully saturated rings. The van der Waals surface area contributed by atoms with Gasteiger partial charge in [-0.1, -0.05) is 37.5 Å². The first kappa shape index (κ1) is 26.2. The molecule has 1 amide bonds. The number of rotatable bonds is 12. The van der Waals surface area contributed by atoms with Crippen molar-refractivity contribution in [2.75, 3.05) is 37.4 Å². The van der Waals surface area contributed by atoms with Crippen LogP contribution in [0.3, 0.4) is 0 Å². The molecule has 0 aliphatic heterocycles. The summed E-state index contributed by atoms with van der Waals surface area (Å²) in [5.41, 5.74) is 0.324. The predicted molar refractivity (Wildman–Crippen MR) is 137 cm³/mol. The Bertz CT molecular complexity index is 1020. The molecule has 1 aliphatic rings. The number of amides is 1. The van der Waals surface area contributed by atoms with E-state index in [9.17, 15) is 13.2 Å². The molecule has 7 nitrogen and oxygen atoms in total. The number of benzene rings is 2. The number of carbonyl (C=O) groups is 1. The van der Waals surface area contributed by atoms with E-state index in [0.717, 1.165) is 21.7 Å². The summed E-state index contributed by atoms with van der Waals surface area (Å²) in [6.45, 7) is 0.187. The topological polar surface area (TPSA) is 84.9 Å². The quantitative estimate of drug-likeness (QED) is 0.428. The number of anilines is 1. The van der Waals surface area contributed by atoms with E-state index in [1.54, 1.807) is 36.4 Å². The Kier molecular flexibility index (Phi) is 9.95. The number of hydrogen-bond acceptors (Lipinski definition) is 6. The summed E-state index contributed by atoms with van der Waals surface area (Å²) in [6, 6.07) is 12.9. The van der Waals surface area contributed by atoms with Crippen LogP contribution in [0.5, 0.6) is 11.5 Å². The van der Waals surface area contributed by atoms with Crippen molar-refractivity contribution >= 4 is 33.4 Å². The monoisotopic (exact) mass is 506 g/mol. The third-order valence-corrected chi connectivity index (χ3v) is 9.08. The van der Waals surface area contributed by atoms with E-state index in [1.165, 1.54) is 58.5 Å².